The van der Waals surface area contributed by atoms with Crippen molar-refractivity contribution < 1.29 is 24.5 Å². The second-order valence-corrected chi connectivity index (χ2v) is 8.23. The van der Waals surface area contributed by atoms with Gasteiger partial charge in [-0.05, 0) is 25.3 Å². The molecule has 0 spiro atoms. The number of allylic oxidation sites excluding steroid dienone is 1. The fourth-order valence-corrected chi connectivity index (χ4v) is 4.09. The zero-order chi connectivity index (χ0) is 23.8. The number of anilines is 1. The molecule has 0 radical (unpaired) electrons. The molecule has 2 atom stereocenters. The van der Waals surface area contributed by atoms with Gasteiger partial charge in [0.2, 0.25) is 0 Å². The summed E-state index contributed by atoms with van der Waals surface area (Å²) in [5.41, 5.74) is 0.410. The summed E-state index contributed by atoms with van der Waals surface area (Å²) in [5, 5.41) is 28.5. The number of ether oxygens (including phenoxy) is 1. The SMILES string of the molecule is COC(=O)CCCCN1C(=O)[C@@](O)([C@@H](C)/C=C/CCn2cc(CCO)nn2)c2ccccc21. The van der Waals surface area contributed by atoms with Gasteiger partial charge in [-0.15, -0.1) is 5.10 Å². The molecular weight excluding hydrogens is 424 g/mol. The van der Waals surface area contributed by atoms with Gasteiger partial charge in [0, 0.05) is 50.2 Å². The van der Waals surface area contributed by atoms with E-state index < -0.39 is 11.5 Å². The lowest BCUT2D eigenvalue weighted by atomic mass is 9.83. The van der Waals surface area contributed by atoms with Gasteiger partial charge in [0.1, 0.15) is 0 Å². The van der Waals surface area contributed by atoms with Crippen molar-refractivity contribution in [3.05, 3.63) is 53.9 Å². The molecule has 1 aliphatic heterocycles. The minimum absolute atomic E-state index is 0.0342. The number of rotatable bonds is 12. The molecule has 9 nitrogen and oxygen atoms in total. The Morgan fingerprint density at radius 1 is 1.27 bits per heavy atom. The predicted octanol–water partition coefficient (Wildman–Crippen LogP) is 1.97. The number of benzene rings is 1. The van der Waals surface area contributed by atoms with Gasteiger partial charge in [-0.1, -0.05) is 42.5 Å². The molecule has 0 fully saturated rings. The number of unbranched alkanes of at least 4 members (excludes halogenated alkanes) is 1. The molecule has 2 aromatic rings. The maximum atomic E-state index is 13.3. The first kappa shape index (κ1) is 24.6. The van der Waals surface area contributed by atoms with Crippen molar-refractivity contribution in [3.8, 4) is 0 Å². The molecule has 0 aliphatic carbocycles. The van der Waals surface area contributed by atoms with Crippen molar-refractivity contribution in [2.24, 2.45) is 5.92 Å². The number of esters is 1. The first-order valence-electron chi connectivity index (χ1n) is 11.3. The van der Waals surface area contributed by atoms with E-state index in [9.17, 15) is 14.7 Å². The zero-order valence-electron chi connectivity index (χ0n) is 19.2. The number of aliphatic hydroxyl groups is 2. The summed E-state index contributed by atoms with van der Waals surface area (Å²) in [5.74, 6) is -1.05. The highest BCUT2D eigenvalue weighted by atomic mass is 16.5. The summed E-state index contributed by atoms with van der Waals surface area (Å²) in [4.78, 5) is 26.3. The van der Waals surface area contributed by atoms with Crippen LogP contribution in [-0.2, 0) is 32.9 Å². The van der Waals surface area contributed by atoms with Crippen molar-refractivity contribution in [1.29, 1.82) is 0 Å². The quantitative estimate of drug-likeness (QED) is 0.285. The molecule has 0 saturated carbocycles. The van der Waals surface area contributed by atoms with Crippen LogP contribution < -0.4 is 4.90 Å². The number of aryl methyl sites for hydroxylation is 1. The van der Waals surface area contributed by atoms with Gasteiger partial charge in [0.05, 0.1) is 18.5 Å². The minimum atomic E-state index is -1.64. The molecule has 1 aromatic heterocycles. The molecule has 1 amide bonds. The Morgan fingerprint density at radius 2 is 2.06 bits per heavy atom. The van der Waals surface area contributed by atoms with Crippen molar-refractivity contribution in [2.75, 3.05) is 25.2 Å². The summed E-state index contributed by atoms with van der Waals surface area (Å²) in [6.45, 7) is 2.90. The summed E-state index contributed by atoms with van der Waals surface area (Å²) in [6.07, 6.45) is 8.27. The zero-order valence-corrected chi connectivity index (χ0v) is 19.2. The molecule has 33 heavy (non-hydrogen) atoms. The summed E-state index contributed by atoms with van der Waals surface area (Å²) in [6, 6.07) is 7.31. The number of hydrogen-bond donors (Lipinski definition) is 2. The largest absolute Gasteiger partial charge is 0.469 e. The van der Waals surface area contributed by atoms with Crippen molar-refractivity contribution in [1.82, 2.24) is 15.0 Å². The smallest absolute Gasteiger partial charge is 0.305 e. The van der Waals surface area contributed by atoms with Gasteiger partial charge < -0.3 is 19.8 Å². The number of para-hydroxylation sites is 1. The number of carbonyl (C=O) groups is 2. The van der Waals surface area contributed by atoms with Crippen LogP contribution >= 0.6 is 0 Å². The van der Waals surface area contributed by atoms with E-state index in [2.05, 4.69) is 15.0 Å². The molecule has 3 rings (SSSR count). The Labute approximate surface area is 193 Å². The highest BCUT2D eigenvalue weighted by molar-refractivity contribution is 6.07. The number of aromatic nitrogens is 3. The maximum absolute atomic E-state index is 13.3. The first-order chi connectivity index (χ1) is 15.9. The fourth-order valence-electron chi connectivity index (χ4n) is 4.09. The normalized spacial score (nSPS) is 18.7. The van der Waals surface area contributed by atoms with Crippen molar-refractivity contribution >= 4 is 17.6 Å². The van der Waals surface area contributed by atoms with E-state index in [0.29, 0.717) is 56.4 Å². The Bertz CT molecular complexity index is 989. The molecule has 2 heterocycles. The first-order valence-corrected chi connectivity index (χ1v) is 11.3. The molecule has 178 valence electrons. The maximum Gasteiger partial charge on any atom is 0.305 e. The van der Waals surface area contributed by atoms with E-state index in [0.717, 1.165) is 5.69 Å². The van der Waals surface area contributed by atoms with Gasteiger partial charge >= 0.3 is 5.97 Å². The average Bonchev–Trinajstić information content (AvgIpc) is 3.36. The Kier molecular flexibility index (Phi) is 8.35. The van der Waals surface area contributed by atoms with E-state index in [1.165, 1.54) is 7.11 Å². The number of amides is 1. The molecule has 0 unspecified atom stereocenters. The standard InChI is InChI=1S/C24H32N4O5/c1-18(9-5-7-14-27-17-19(13-16-29)25-26-27)24(32)20-10-3-4-11-21(20)28(23(24)31)15-8-6-12-22(30)33-2/h3-5,9-11,17-18,29,32H,6-8,12-16H2,1-2H3/b9-5+/t18-,24+/m0/s1. The Morgan fingerprint density at radius 3 is 2.82 bits per heavy atom. The lowest BCUT2D eigenvalue weighted by Crippen LogP contribution is -2.44. The summed E-state index contributed by atoms with van der Waals surface area (Å²) >= 11 is 0. The number of carbonyl (C=O) groups excluding carboxylic acids is 2. The van der Waals surface area contributed by atoms with E-state index in [1.807, 2.05) is 37.3 Å². The molecule has 9 heteroatoms. The van der Waals surface area contributed by atoms with Crippen LogP contribution in [0.1, 0.15) is 43.9 Å². The number of fused-ring (bicyclic) bond motifs is 1. The average molecular weight is 457 g/mol. The second-order valence-electron chi connectivity index (χ2n) is 8.23. The Balaban J connectivity index is 1.64. The molecular formula is C24H32N4O5. The number of aliphatic hydroxyl groups excluding tert-OH is 1. The van der Waals surface area contributed by atoms with Gasteiger partial charge in [-0.25, -0.2) is 0 Å². The molecule has 0 saturated heterocycles. The summed E-state index contributed by atoms with van der Waals surface area (Å²) in [7, 11) is 1.36. The third-order valence-electron chi connectivity index (χ3n) is 5.98. The van der Waals surface area contributed by atoms with Crippen LogP contribution in [0.4, 0.5) is 5.69 Å². The number of hydrogen-bond acceptors (Lipinski definition) is 7. The third-order valence-corrected chi connectivity index (χ3v) is 5.98. The van der Waals surface area contributed by atoms with Gasteiger partial charge in [-0.2, -0.15) is 0 Å². The van der Waals surface area contributed by atoms with Crippen LogP contribution in [-0.4, -0.2) is 57.3 Å². The van der Waals surface area contributed by atoms with Crippen LogP contribution in [0.3, 0.4) is 0 Å². The highest BCUT2D eigenvalue weighted by Crippen LogP contribution is 2.45. The predicted molar refractivity (Wildman–Crippen MR) is 122 cm³/mol. The molecule has 0 bridgehead atoms. The fraction of sp³-hybridized carbons (Fsp3) is 0.500. The summed E-state index contributed by atoms with van der Waals surface area (Å²) < 4.78 is 6.37. The van der Waals surface area contributed by atoms with E-state index in [1.54, 1.807) is 21.8 Å². The number of nitrogens with zero attached hydrogens (tertiary/aromatic N) is 4. The van der Waals surface area contributed by atoms with Crippen LogP contribution in [0.25, 0.3) is 0 Å². The lowest BCUT2D eigenvalue weighted by molar-refractivity contribution is -0.140. The van der Waals surface area contributed by atoms with Crippen LogP contribution in [0.15, 0.2) is 42.6 Å². The highest BCUT2D eigenvalue weighted by Gasteiger charge is 2.52. The van der Waals surface area contributed by atoms with Crippen LogP contribution in [0.2, 0.25) is 0 Å². The molecule has 1 aromatic carbocycles. The Hall–Kier alpha value is -3.04. The van der Waals surface area contributed by atoms with Gasteiger partial charge in [0.15, 0.2) is 5.60 Å². The topological polar surface area (TPSA) is 118 Å². The van der Waals surface area contributed by atoms with E-state index in [-0.39, 0.29) is 18.5 Å². The van der Waals surface area contributed by atoms with Crippen LogP contribution in [0.5, 0.6) is 0 Å². The number of methoxy groups -OCH3 is 1. The van der Waals surface area contributed by atoms with E-state index >= 15 is 0 Å². The van der Waals surface area contributed by atoms with Gasteiger partial charge in [0.25, 0.3) is 5.91 Å². The van der Waals surface area contributed by atoms with Crippen molar-refractivity contribution in [3.63, 3.8) is 0 Å². The third kappa shape index (κ3) is 5.48. The van der Waals surface area contributed by atoms with Gasteiger partial charge in [-0.3, -0.25) is 14.3 Å². The minimum Gasteiger partial charge on any atom is -0.469 e. The monoisotopic (exact) mass is 456 g/mol. The molecule has 1 aliphatic rings. The van der Waals surface area contributed by atoms with E-state index in [4.69, 9.17) is 5.11 Å². The lowest BCUT2D eigenvalue weighted by Gasteiger charge is -2.27. The molecule has 2 N–H and O–H groups in total. The second kappa shape index (κ2) is 11.2. The van der Waals surface area contributed by atoms with Crippen molar-refractivity contribution in [2.45, 2.75) is 51.2 Å². The van der Waals surface area contributed by atoms with Crippen LogP contribution in [0, 0.1) is 5.92 Å².